The van der Waals surface area contributed by atoms with Gasteiger partial charge in [-0.1, -0.05) is 11.6 Å². The number of rotatable bonds is 11. The molecule has 4 fully saturated rings. The van der Waals surface area contributed by atoms with Crippen LogP contribution in [0.3, 0.4) is 0 Å². The van der Waals surface area contributed by atoms with Gasteiger partial charge in [-0.05, 0) is 88.2 Å². The normalized spacial score (nSPS) is 20.7. The minimum Gasteiger partial charge on any atom is -0.478 e. The highest BCUT2D eigenvalue weighted by Crippen LogP contribution is 2.44. The number of fused-ring (bicyclic) bond motifs is 2. The number of carbonyl (C=O) groups excluding carboxylic acids is 4. The standard InChI is InChI=1S/C45H51ClF2N10O6/c1-26(2)58-33-7-6-32(38(47)30(33)19-35(42(58)63)64-22-37(60)49-3)51-39-31(46)20-50-43(53-39)55-16-12-45(48,13-17-55)25-54-14-10-44(11-15-54)23-56(24-44)28-4-5-29-27(18-28)21-57(41(29)62)34-8-9-36(59)52-40(34)61/h4-7,18-20,26,34H,8-17,21-25H2,1-3H3,(H,49,60)(H,50,51,53)(H,52,59,61). The van der Waals surface area contributed by atoms with Crippen LogP contribution in [0.25, 0.3) is 10.9 Å². The minimum atomic E-state index is -1.38. The van der Waals surface area contributed by atoms with E-state index in [1.165, 1.54) is 29.9 Å². The summed E-state index contributed by atoms with van der Waals surface area (Å²) >= 11 is 6.51. The van der Waals surface area contributed by atoms with Crippen LogP contribution >= 0.6 is 11.6 Å². The molecule has 64 heavy (non-hydrogen) atoms. The van der Waals surface area contributed by atoms with Crippen LogP contribution in [0.1, 0.15) is 74.3 Å². The fourth-order valence-corrected chi connectivity index (χ4v) is 10.0. The van der Waals surface area contributed by atoms with E-state index in [1.807, 2.05) is 17.0 Å². The van der Waals surface area contributed by atoms with E-state index >= 15 is 8.78 Å². The molecule has 1 atom stereocenters. The number of alkyl halides is 1. The van der Waals surface area contributed by atoms with Gasteiger partial charge >= 0.3 is 0 Å². The Balaban J connectivity index is 0.784. The van der Waals surface area contributed by atoms with Gasteiger partial charge in [0.1, 0.15) is 16.7 Å². The molecule has 4 saturated heterocycles. The number of aromatic nitrogens is 3. The molecule has 338 valence electrons. The zero-order valence-corrected chi connectivity index (χ0v) is 36.8. The summed E-state index contributed by atoms with van der Waals surface area (Å²) in [6, 6.07) is 9.31. The van der Waals surface area contributed by atoms with Gasteiger partial charge in [-0.2, -0.15) is 4.98 Å². The molecule has 19 heteroatoms. The van der Waals surface area contributed by atoms with E-state index in [4.69, 9.17) is 16.3 Å². The number of likely N-dealkylation sites (N-methyl/N-ethyl adjacent to an activating group) is 1. The molecule has 9 rings (SSSR count). The average molecular weight is 901 g/mol. The highest BCUT2D eigenvalue weighted by atomic mass is 35.5. The van der Waals surface area contributed by atoms with E-state index in [2.05, 4.69) is 41.8 Å². The number of hydrogen-bond acceptors (Lipinski definition) is 12. The Morgan fingerprint density at radius 3 is 2.47 bits per heavy atom. The summed E-state index contributed by atoms with van der Waals surface area (Å²) in [6.07, 6.45) is 4.49. The van der Waals surface area contributed by atoms with Gasteiger partial charge in [0.05, 0.1) is 17.4 Å². The maximum Gasteiger partial charge on any atom is 0.293 e. The van der Waals surface area contributed by atoms with Crippen LogP contribution in [0.5, 0.6) is 5.75 Å². The summed E-state index contributed by atoms with van der Waals surface area (Å²) in [5.41, 5.74) is 1.23. The van der Waals surface area contributed by atoms with Crippen molar-refractivity contribution in [3.05, 3.63) is 74.9 Å². The van der Waals surface area contributed by atoms with Gasteiger partial charge in [-0.25, -0.2) is 13.8 Å². The van der Waals surface area contributed by atoms with Crippen molar-refractivity contribution in [1.82, 2.24) is 35.0 Å². The van der Waals surface area contributed by atoms with Gasteiger partial charge in [0.15, 0.2) is 24.0 Å². The molecule has 2 aromatic carbocycles. The van der Waals surface area contributed by atoms with E-state index < -0.39 is 41.5 Å². The summed E-state index contributed by atoms with van der Waals surface area (Å²) < 4.78 is 39.6. The Bertz CT molecular complexity index is 2600. The third-order valence-electron chi connectivity index (χ3n) is 13.6. The molecule has 4 aromatic rings. The van der Waals surface area contributed by atoms with Crippen molar-refractivity contribution in [2.45, 2.75) is 76.7 Å². The lowest BCUT2D eigenvalue weighted by atomic mass is 9.71. The molecule has 16 nitrogen and oxygen atoms in total. The van der Waals surface area contributed by atoms with E-state index in [9.17, 15) is 24.0 Å². The number of ether oxygens (including phenoxy) is 1. The van der Waals surface area contributed by atoms with Crippen LogP contribution in [0.15, 0.2) is 47.4 Å². The minimum absolute atomic E-state index is 0.0469. The number of benzene rings is 2. The van der Waals surface area contributed by atoms with Gasteiger partial charge in [-0.15, -0.1) is 0 Å². The Kier molecular flexibility index (Phi) is 11.5. The number of piperidine rings is 3. The number of halogens is 3. The summed E-state index contributed by atoms with van der Waals surface area (Å²) in [7, 11) is 1.45. The second-order valence-corrected chi connectivity index (χ2v) is 18.5. The molecule has 0 saturated carbocycles. The van der Waals surface area contributed by atoms with Crippen molar-refractivity contribution in [1.29, 1.82) is 0 Å². The Morgan fingerprint density at radius 1 is 1.02 bits per heavy atom. The maximum absolute atomic E-state index is 16.5. The van der Waals surface area contributed by atoms with Crippen molar-refractivity contribution < 1.29 is 32.7 Å². The maximum atomic E-state index is 16.5. The number of imide groups is 1. The van der Waals surface area contributed by atoms with E-state index in [0.29, 0.717) is 62.5 Å². The zero-order valence-electron chi connectivity index (χ0n) is 36.0. The van der Waals surface area contributed by atoms with E-state index in [1.54, 1.807) is 24.8 Å². The largest absolute Gasteiger partial charge is 0.478 e. The Morgan fingerprint density at radius 2 is 1.77 bits per heavy atom. The number of carbonyl (C=O) groups is 4. The first-order chi connectivity index (χ1) is 30.6. The highest BCUT2D eigenvalue weighted by molar-refractivity contribution is 6.33. The molecule has 5 aliphatic rings. The molecule has 7 heterocycles. The predicted octanol–water partition coefficient (Wildman–Crippen LogP) is 4.71. The number of hydrogen-bond donors (Lipinski definition) is 3. The molecule has 0 bridgehead atoms. The molecule has 1 unspecified atom stereocenters. The average Bonchev–Trinajstić information content (AvgIpc) is 3.58. The molecular weight excluding hydrogens is 850 g/mol. The molecule has 4 amide bonds. The number of nitrogens with zero attached hydrogens (tertiary/aromatic N) is 7. The monoisotopic (exact) mass is 900 g/mol. The summed E-state index contributed by atoms with van der Waals surface area (Å²) in [5, 5.41) is 8.02. The molecule has 0 aliphatic carbocycles. The fraction of sp³-hybridized carbons (Fsp3) is 0.489. The molecule has 3 N–H and O–H groups in total. The Labute approximate surface area is 373 Å². The van der Waals surface area contributed by atoms with E-state index in [-0.39, 0.29) is 57.4 Å². The van der Waals surface area contributed by atoms with Gasteiger partial charge in [0.2, 0.25) is 17.8 Å². The third kappa shape index (κ3) is 8.21. The number of pyridine rings is 1. The van der Waals surface area contributed by atoms with Gasteiger partial charge in [0, 0.05) is 93.7 Å². The fourth-order valence-electron chi connectivity index (χ4n) is 9.88. The van der Waals surface area contributed by atoms with Crippen LogP contribution in [0, 0.1) is 11.2 Å². The van der Waals surface area contributed by atoms with Gasteiger partial charge in [0.25, 0.3) is 17.4 Å². The van der Waals surface area contributed by atoms with Crippen LogP contribution in [-0.2, 0) is 20.9 Å². The first-order valence-electron chi connectivity index (χ1n) is 21.8. The predicted molar refractivity (Wildman–Crippen MR) is 237 cm³/mol. The number of anilines is 4. The van der Waals surface area contributed by atoms with Crippen molar-refractivity contribution >= 4 is 69.3 Å². The zero-order chi connectivity index (χ0) is 45.1. The quantitative estimate of drug-likeness (QED) is 0.177. The van der Waals surface area contributed by atoms with Crippen molar-refractivity contribution in [2.75, 3.05) is 74.6 Å². The van der Waals surface area contributed by atoms with Gasteiger partial charge in [-0.3, -0.25) is 29.3 Å². The summed E-state index contributed by atoms with van der Waals surface area (Å²) in [6.45, 7) is 8.05. The Hall–Kier alpha value is -5.88. The highest BCUT2D eigenvalue weighted by Gasteiger charge is 2.47. The first kappa shape index (κ1) is 43.4. The number of nitrogens with one attached hydrogen (secondary N) is 3. The van der Waals surface area contributed by atoms with Crippen molar-refractivity contribution in [2.24, 2.45) is 5.41 Å². The summed E-state index contributed by atoms with van der Waals surface area (Å²) in [4.78, 5) is 79.5. The second kappa shape index (κ2) is 16.9. The van der Waals surface area contributed by atoms with Crippen LogP contribution < -0.4 is 36.0 Å². The molecule has 2 aromatic heterocycles. The topological polar surface area (TPSA) is 174 Å². The van der Waals surface area contributed by atoms with Crippen molar-refractivity contribution in [3.63, 3.8) is 0 Å². The molecule has 0 radical (unpaired) electrons. The second-order valence-electron chi connectivity index (χ2n) is 18.1. The number of amides is 4. The van der Waals surface area contributed by atoms with Crippen LogP contribution in [0.4, 0.5) is 31.9 Å². The molecular formula is C45H51ClF2N10O6. The lowest BCUT2D eigenvalue weighted by molar-refractivity contribution is -0.137. The first-order valence-corrected chi connectivity index (χ1v) is 22.2. The van der Waals surface area contributed by atoms with Crippen LogP contribution in [-0.4, -0.2) is 119 Å². The lowest BCUT2D eigenvalue weighted by Gasteiger charge is -2.55. The SMILES string of the molecule is CNC(=O)COc1cc2c(F)c(Nc3nc(N4CCC(F)(CN5CCC6(CC5)CN(c5ccc7c(c5)CN(C5CCC(=O)NC5=O)C7=O)C6)CC4)ncc3Cl)ccc2n(C(C)C)c1=O. The number of likely N-dealkylation sites (tertiary alicyclic amines) is 1. The van der Waals surface area contributed by atoms with Crippen molar-refractivity contribution in [3.8, 4) is 5.75 Å². The van der Waals surface area contributed by atoms with Gasteiger partial charge < -0.3 is 39.5 Å². The smallest absolute Gasteiger partial charge is 0.293 e. The lowest BCUT2D eigenvalue weighted by Crippen LogP contribution is -2.61. The molecule has 1 spiro atoms. The van der Waals surface area contributed by atoms with E-state index in [0.717, 1.165) is 50.3 Å². The third-order valence-corrected chi connectivity index (χ3v) is 13.8. The summed E-state index contributed by atoms with van der Waals surface area (Å²) in [5.74, 6) is -1.68. The van der Waals surface area contributed by atoms with Crippen LogP contribution in [0.2, 0.25) is 5.02 Å². The molecule has 5 aliphatic heterocycles.